The van der Waals surface area contributed by atoms with Crippen LogP contribution >= 0.6 is 15.9 Å². The molecule has 0 bridgehead atoms. The summed E-state index contributed by atoms with van der Waals surface area (Å²) in [6, 6.07) is 0.575. The predicted octanol–water partition coefficient (Wildman–Crippen LogP) is 3.79. The van der Waals surface area contributed by atoms with Crippen molar-refractivity contribution in [3.8, 4) is 0 Å². The van der Waals surface area contributed by atoms with Crippen LogP contribution in [0.25, 0.3) is 0 Å². The minimum absolute atomic E-state index is 0.575. The van der Waals surface area contributed by atoms with Crippen molar-refractivity contribution in [2.45, 2.75) is 45.6 Å². The van der Waals surface area contributed by atoms with E-state index in [0.29, 0.717) is 6.04 Å². The fraction of sp³-hybridized carbons (Fsp3) is 0.700. The molecule has 1 heterocycles. The van der Waals surface area contributed by atoms with E-state index in [0.717, 1.165) is 10.9 Å². The molecule has 0 aromatic carbocycles. The Morgan fingerprint density at radius 2 is 2.31 bits per heavy atom. The fourth-order valence-electron chi connectivity index (χ4n) is 1.48. The van der Waals surface area contributed by atoms with Crippen LogP contribution in [0.5, 0.6) is 0 Å². The van der Waals surface area contributed by atoms with Gasteiger partial charge < -0.3 is 0 Å². The summed E-state index contributed by atoms with van der Waals surface area (Å²) in [7, 11) is 0. The van der Waals surface area contributed by atoms with Crippen LogP contribution in [-0.2, 0) is 0 Å². The van der Waals surface area contributed by atoms with Gasteiger partial charge in [-0.1, -0.05) is 26.7 Å². The standard InChI is InChI=1S/C10H17BrN2/c1-3-5-6-10(4-2)13-8-9(11)7-12-13/h7-8,10H,3-6H2,1-2H3. The zero-order valence-electron chi connectivity index (χ0n) is 8.33. The molecule has 0 amide bonds. The van der Waals surface area contributed by atoms with Gasteiger partial charge in [-0.2, -0.15) is 5.10 Å². The first kappa shape index (κ1) is 10.8. The number of aromatic nitrogens is 2. The van der Waals surface area contributed by atoms with Gasteiger partial charge in [0, 0.05) is 6.20 Å². The molecule has 0 aliphatic carbocycles. The third-order valence-corrected chi connectivity index (χ3v) is 2.72. The zero-order valence-corrected chi connectivity index (χ0v) is 9.92. The Bertz CT molecular complexity index is 245. The fourth-order valence-corrected chi connectivity index (χ4v) is 1.78. The van der Waals surface area contributed by atoms with Gasteiger partial charge in [0.2, 0.25) is 0 Å². The molecular formula is C10H17BrN2. The number of rotatable bonds is 5. The molecule has 74 valence electrons. The van der Waals surface area contributed by atoms with E-state index in [4.69, 9.17) is 0 Å². The highest BCUT2D eigenvalue weighted by Crippen LogP contribution is 2.19. The molecule has 0 saturated carbocycles. The molecule has 0 aliphatic heterocycles. The highest BCUT2D eigenvalue weighted by molar-refractivity contribution is 9.10. The van der Waals surface area contributed by atoms with E-state index < -0.39 is 0 Å². The van der Waals surface area contributed by atoms with E-state index in [2.05, 4.69) is 45.8 Å². The van der Waals surface area contributed by atoms with Crippen molar-refractivity contribution >= 4 is 15.9 Å². The van der Waals surface area contributed by atoms with Gasteiger partial charge in [0.05, 0.1) is 16.7 Å². The number of unbranched alkanes of at least 4 members (excludes halogenated alkanes) is 1. The summed E-state index contributed by atoms with van der Waals surface area (Å²) in [5, 5.41) is 4.31. The van der Waals surface area contributed by atoms with Crippen LogP contribution in [0.2, 0.25) is 0 Å². The quantitative estimate of drug-likeness (QED) is 0.771. The van der Waals surface area contributed by atoms with E-state index in [-0.39, 0.29) is 0 Å². The molecular weight excluding hydrogens is 228 g/mol. The lowest BCUT2D eigenvalue weighted by Crippen LogP contribution is -2.08. The van der Waals surface area contributed by atoms with Crippen molar-refractivity contribution in [2.24, 2.45) is 0 Å². The van der Waals surface area contributed by atoms with Crippen molar-refractivity contribution < 1.29 is 0 Å². The van der Waals surface area contributed by atoms with Crippen molar-refractivity contribution in [3.63, 3.8) is 0 Å². The third-order valence-electron chi connectivity index (χ3n) is 2.31. The van der Waals surface area contributed by atoms with E-state index in [1.165, 1.54) is 19.3 Å². The number of halogens is 1. The molecule has 1 aromatic heterocycles. The first-order valence-electron chi connectivity index (χ1n) is 4.97. The monoisotopic (exact) mass is 244 g/mol. The Hall–Kier alpha value is -0.310. The average molecular weight is 245 g/mol. The van der Waals surface area contributed by atoms with Gasteiger partial charge in [0.25, 0.3) is 0 Å². The summed E-state index contributed by atoms with van der Waals surface area (Å²) in [6.07, 6.45) is 8.86. The molecule has 1 aromatic rings. The molecule has 3 heteroatoms. The molecule has 0 saturated heterocycles. The normalized spacial score (nSPS) is 13.2. The Morgan fingerprint density at radius 3 is 2.77 bits per heavy atom. The lowest BCUT2D eigenvalue weighted by molar-refractivity contribution is 0.400. The smallest absolute Gasteiger partial charge is 0.0632 e. The Balaban J connectivity index is 2.56. The minimum Gasteiger partial charge on any atom is -0.269 e. The van der Waals surface area contributed by atoms with Gasteiger partial charge in [0.15, 0.2) is 0 Å². The highest BCUT2D eigenvalue weighted by Gasteiger charge is 2.08. The van der Waals surface area contributed by atoms with Gasteiger partial charge in [0.1, 0.15) is 0 Å². The molecule has 1 unspecified atom stereocenters. The summed E-state index contributed by atoms with van der Waals surface area (Å²) in [5.41, 5.74) is 0. The van der Waals surface area contributed by atoms with E-state index in [1.807, 2.05) is 6.20 Å². The summed E-state index contributed by atoms with van der Waals surface area (Å²) < 4.78 is 3.14. The number of hydrogen-bond donors (Lipinski definition) is 0. The number of nitrogens with zero attached hydrogens (tertiary/aromatic N) is 2. The van der Waals surface area contributed by atoms with Crippen molar-refractivity contribution in [2.75, 3.05) is 0 Å². The van der Waals surface area contributed by atoms with E-state index in [1.54, 1.807) is 0 Å². The molecule has 13 heavy (non-hydrogen) atoms. The molecule has 1 atom stereocenters. The topological polar surface area (TPSA) is 17.8 Å². The van der Waals surface area contributed by atoms with Crippen LogP contribution in [-0.4, -0.2) is 9.78 Å². The van der Waals surface area contributed by atoms with Crippen molar-refractivity contribution in [3.05, 3.63) is 16.9 Å². The SMILES string of the molecule is CCCCC(CC)n1cc(Br)cn1. The predicted molar refractivity (Wildman–Crippen MR) is 58.8 cm³/mol. The van der Waals surface area contributed by atoms with E-state index >= 15 is 0 Å². The molecule has 0 aliphatic rings. The summed E-state index contributed by atoms with van der Waals surface area (Å²) in [6.45, 7) is 4.45. The third kappa shape index (κ3) is 3.14. The zero-order chi connectivity index (χ0) is 9.68. The second-order valence-corrected chi connectivity index (χ2v) is 4.26. The summed E-state index contributed by atoms with van der Waals surface area (Å²) in [4.78, 5) is 0. The van der Waals surface area contributed by atoms with Crippen molar-refractivity contribution in [1.29, 1.82) is 0 Å². The molecule has 2 nitrogen and oxygen atoms in total. The Kier molecular flexibility index (Phi) is 4.50. The maximum Gasteiger partial charge on any atom is 0.0632 e. The van der Waals surface area contributed by atoms with Crippen LogP contribution in [0.15, 0.2) is 16.9 Å². The number of hydrogen-bond acceptors (Lipinski definition) is 1. The van der Waals surface area contributed by atoms with Gasteiger partial charge in [-0.25, -0.2) is 0 Å². The molecule has 0 N–H and O–H groups in total. The van der Waals surface area contributed by atoms with Gasteiger partial charge >= 0.3 is 0 Å². The Morgan fingerprint density at radius 1 is 1.54 bits per heavy atom. The van der Waals surface area contributed by atoms with Gasteiger partial charge in [-0.05, 0) is 28.8 Å². The van der Waals surface area contributed by atoms with E-state index in [9.17, 15) is 0 Å². The van der Waals surface area contributed by atoms with Gasteiger partial charge in [-0.3, -0.25) is 4.68 Å². The van der Waals surface area contributed by atoms with Crippen LogP contribution < -0.4 is 0 Å². The second-order valence-electron chi connectivity index (χ2n) is 3.34. The van der Waals surface area contributed by atoms with Crippen LogP contribution in [0, 0.1) is 0 Å². The highest BCUT2D eigenvalue weighted by atomic mass is 79.9. The largest absolute Gasteiger partial charge is 0.269 e. The van der Waals surface area contributed by atoms with Crippen LogP contribution in [0.4, 0.5) is 0 Å². The lowest BCUT2D eigenvalue weighted by Gasteiger charge is -2.14. The molecule has 1 rings (SSSR count). The van der Waals surface area contributed by atoms with Gasteiger partial charge in [-0.15, -0.1) is 0 Å². The average Bonchev–Trinajstić information content (AvgIpc) is 2.54. The molecule has 0 fully saturated rings. The minimum atomic E-state index is 0.575. The van der Waals surface area contributed by atoms with Crippen LogP contribution in [0.3, 0.4) is 0 Å². The maximum absolute atomic E-state index is 4.31. The summed E-state index contributed by atoms with van der Waals surface area (Å²) in [5.74, 6) is 0. The second kappa shape index (κ2) is 5.43. The van der Waals surface area contributed by atoms with Crippen molar-refractivity contribution in [1.82, 2.24) is 9.78 Å². The first-order chi connectivity index (χ1) is 6.27. The maximum atomic E-state index is 4.31. The van der Waals surface area contributed by atoms with Crippen LogP contribution in [0.1, 0.15) is 45.6 Å². The summed E-state index contributed by atoms with van der Waals surface area (Å²) >= 11 is 3.41. The first-order valence-corrected chi connectivity index (χ1v) is 5.76. The Labute approximate surface area is 88.5 Å². The lowest BCUT2D eigenvalue weighted by atomic mass is 10.1. The molecule has 0 spiro atoms. The molecule has 0 radical (unpaired) electrons.